The summed E-state index contributed by atoms with van der Waals surface area (Å²) in [4.78, 5) is 13.3. The van der Waals surface area contributed by atoms with Crippen LogP contribution in [0.15, 0.2) is 24.4 Å². The lowest BCUT2D eigenvalue weighted by Gasteiger charge is -1.95. The highest BCUT2D eigenvalue weighted by Crippen LogP contribution is 2.23. The second-order valence-corrected chi connectivity index (χ2v) is 3.72. The van der Waals surface area contributed by atoms with Crippen LogP contribution in [0, 0.1) is 10.1 Å². The maximum atomic E-state index is 10.6. The number of aromatic nitrogens is 1. The van der Waals surface area contributed by atoms with Gasteiger partial charge in [-0.1, -0.05) is 0 Å². The first kappa shape index (κ1) is 10.0. The number of nitrogens with one attached hydrogen (secondary N) is 1. The van der Waals surface area contributed by atoms with Crippen LogP contribution in [0.25, 0.3) is 10.9 Å². The number of rotatable bonds is 3. The maximum Gasteiger partial charge on any atom is 0.270 e. The number of nitrogens with zero attached hydrogens (tertiary/aromatic N) is 1. The van der Waals surface area contributed by atoms with Crippen molar-refractivity contribution in [2.45, 2.75) is 6.42 Å². The van der Waals surface area contributed by atoms with Crippen molar-refractivity contribution < 1.29 is 4.92 Å². The van der Waals surface area contributed by atoms with E-state index in [0.717, 1.165) is 28.6 Å². The quantitative estimate of drug-likeness (QED) is 0.476. The first-order chi connectivity index (χ1) is 7.22. The average Bonchev–Trinajstić information content (AvgIpc) is 2.61. The molecule has 0 radical (unpaired) electrons. The van der Waals surface area contributed by atoms with Gasteiger partial charge < -0.3 is 4.98 Å². The van der Waals surface area contributed by atoms with Crippen molar-refractivity contribution in [3.63, 3.8) is 0 Å². The van der Waals surface area contributed by atoms with Gasteiger partial charge in [0.1, 0.15) is 0 Å². The molecular weight excluding hydrogens is 212 g/mol. The molecule has 2 aromatic rings. The summed E-state index contributed by atoms with van der Waals surface area (Å²) >= 11 is 4.15. The highest BCUT2D eigenvalue weighted by Gasteiger charge is 2.09. The molecule has 0 bridgehead atoms. The lowest BCUT2D eigenvalue weighted by molar-refractivity contribution is -0.384. The number of hydrogen-bond donors (Lipinski definition) is 2. The summed E-state index contributed by atoms with van der Waals surface area (Å²) in [5, 5.41) is 11.5. The Hall–Kier alpha value is -1.49. The van der Waals surface area contributed by atoms with Crippen LogP contribution in [0.5, 0.6) is 0 Å². The van der Waals surface area contributed by atoms with E-state index in [1.807, 2.05) is 6.20 Å². The summed E-state index contributed by atoms with van der Waals surface area (Å²) in [6, 6.07) is 4.84. The van der Waals surface area contributed by atoms with E-state index < -0.39 is 0 Å². The van der Waals surface area contributed by atoms with E-state index in [1.165, 1.54) is 6.07 Å². The number of nitro benzene ring substituents is 1. The Kier molecular flexibility index (Phi) is 2.64. The van der Waals surface area contributed by atoms with Gasteiger partial charge in [0.15, 0.2) is 0 Å². The van der Waals surface area contributed by atoms with Crippen LogP contribution in [0.3, 0.4) is 0 Å². The number of aryl methyl sites for hydroxylation is 1. The molecule has 1 N–H and O–H groups in total. The van der Waals surface area contributed by atoms with Crippen LogP contribution in [0.2, 0.25) is 0 Å². The van der Waals surface area contributed by atoms with Gasteiger partial charge in [-0.3, -0.25) is 10.1 Å². The predicted molar refractivity (Wildman–Crippen MR) is 62.5 cm³/mol. The zero-order valence-electron chi connectivity index (χ0n) is 7.93. The molecule has 0 aliphatic rings. The normalized spacial score (nSPS) is 10.7. The minimum atomic E-state index is -0.378. The van der Waals surface area contributed by atoms with Gasteiger partial charge in [0.05, 0.1) is 4.92 Å². The zero-order chi connectivity index (χ0) is 10.8. The van der Waals surface area contributed by atoms with Crippen LogP contribution < -0.4 is 0 Å². The number of nitro groups is 1. The molecule has 0 amide bonds. The summed E-state index contributed by atoms with van der Waals surface area (Å²) in [6.45, 7) is 0. The minimum Gasteiger partial charge on any atom is -0.361 e. The molecule has 5 heteroatoms. The van der Waals surface area contributed by atoms with Crippen molar-refractivity contribution in [2.24, 2.45) is 0 Å². The highest BCUT2D eigenvalue weighted by molar-refractivity contribution is 7.80. The van der Waals surface area contributed by atoms with Crippen LogP contribution in [0.4, 0.5) is 5.69 Å². The van der Waals surface area contributed by atoms with Gasteiger partial charge in [0.25, 0.3) is 5.69 Å². The third-order valence-electron chi connectivity index (χ3n) is 2.34. The van der Waals surface area contributed by atoms with E-state index >= 15 is 0 Å². The number of fused-ring (bicyclic) bond motifs is 1. The standard InChI is InChI=1S/C10H10N2O2S/c13-12(14)8-1-2-10-9(5-8)7(3-4-15)6-11-10/h1-2,5-6,11,15H,3-4H2. The van der Waals surface area contributed by atoms with E-state index in [4.69, 9.17) is 0 Å². The second kappa shape index (κ2) is 3.94. The lowest BCUT2D eigenvalue weighted by Crippen LogP contribution is -1.88. The Bertz CT molecular complexity index is 507. The van der Waals surface area contributed by atoms with Crippen LogP contribution >= 0.6 is 12.6 Å². The smallest absolute Gasteiger partial charge is 0.270 e. The third kappa shape index (κ3) is 1.83. The summed E-state index contributed by atoms with van der Waals surface area (Å²) < 4.78 is 0. The highest BCUT2D eigenvalue weighted by atomic mass is 32.1. The first-order valence-corrected chi connectivity index (χ1v) is 5.21. The number of benzene rings is 1. The number of non-ortho nitro benzene ring substituents is 1. The zero-order valence-corrected chi connectivity index (χ0v) is 8.83. The van der Waals surface area contributed by atoms with E-state index in [-0.39, 0.29) is 10.6 Å². The number of aromatic amines is 1. The molecule has 15 heavy (non-hydrogen) atoms. The van der Waals surface area contributed by atoms with Crippen LogP contribution in [0.1, 0.15) is 5.56 Å². The van der Waals surface area contributed by atoms with E-state index in [2.05, 4.69) is 17.6 Å². The fraction of sp³-hybridized carbons (Fsp3) is 0.200. The number of hydrogen-bond acceptors (Lipinski definition) is 3. The third-order valence-corrected chi connectivity index (χ3v) is 2.57. The van der Waals surface area contributed by atoms with E-state index in [9.17, 15) is 10.1 Å². The summed E-state index contributed by atoms with van der Waals surface area (Å²) in [5.41, 5.74) is 2.13. The molecule has 0 fully saturated rings. The number of thiol groups is 1. The van der Waals surface area contributed by atoms with Crippen molar-refractivity contribution in [2.75, 3.05) is 5.75 Å². The first-order valence-electron chi connectivity index (χ1n) is 4.57. The Morgan fingerprint density at radius 1 is 1.47 bits per heavy atom. The topological polar surface area (TPSA) is 58.9 Å². The lowest BCUT2D eigenvalue weighted by atomic mass is 10.1. The Morgan fingerprint density at radius 3 is 2.93 bits per heavy atom. The maximum absolute atomic E-state index is 10.6. The van der Waals surface area contributed by atoms with Gasteiger partial charge in [-0.15, -0.1) is 0 Å². The molecule has 1 aromatic carbocycles. The largest absolute Gasteiger partial charge is 0.361 e. The van der Waals surface area contributed by atoms with Crippen molar-refractivity contribution in [3.05, 3.63) is 40.1 Å². The van der Waals surface area contributed by atoms with Gasteiger partial charge in [-0.2, -0.15) is 12.6 Å². The molecule has 0 atom stereocenters. The van der Waals surface area contributed by atoms with Crippen LogP contribution in [-0.4, -0.2) is 15.7 Å². The van der Waals surface area contributed by atoms with E-state index in [0.29, 0.717) is 0 Å². The minimum absolute atomic E-state index is 0.127. The predicted octanol–water partition coefficient (Wildman–Crippen LogP) is 2.55. The Morgan fingerprint density at radius 2 is 2.27 bits per heavy atom. The van der Waals surface area contributed by atoms with Gasteiger partial charge in [0, 0.05) is 29.2 Å². The van der Waals surface area contributed by atoms with Gasteiger partial charge in [0.2, 0.25) is 0 Å². The molecular formula is C10H10N2O2S. The average molecular weight is 222 g/mol. The van der Waals surface area contributed by atoms with Gasteiger partial charge >= 0.3 is 0 Å². The monoisotopic (exact) mass is 222 g/mol. The van der Waals surface area contributed by atoms with Gasteiger partial charge in [-0.25, -0.2) is 0 Å². The molecule has 0 spiro atoms. The number of H-pyrrole nitrogens is 1. The molecule has 1 aromatic heterocycles. The second-order valence-electron chi connectivity index (χ2n) is 3.27. The molecule has 78 valence electrons. The molecule has 0 aliphatic heterocycles. The fourth-order valence-electron chi connectivity index (χ4n) is 1.61. The van der Waals surface area contributed by atoms with Crippen molar-refractivity contribution in [1.29, 1.82) is 0 Å². The Balaban J connectivity index is 2.56. The molecule has 4 nitrogen and oxygen atoms in total. The summed E-state index contributed by atoms with van der Waals surface area (Å²) in [6.07, 6.45) is 2.69. The van der Waals surface area contributed by atoms with Gasteiger partial charge in [-0.05, 0) is 23.8 Å². The molecule has 0 saturated carbocycles. The van der Waals surface area contributed by atoms with Crippen molar-refractivity contribution in [3.8, 4) is 0 Å². The van der Waals surface area contributed by atoms with Crippen LogP contribution in [-0.2, 0) is 6.42 Å². The summed E-state index contributed by atoms with van der Waals surface area (Å²) in [5.74, 6) is 0.732. The molecule has 0 aliphatic carbocycles. The molecule has 0 unspecified atom stereocenters. The van der Waals surface area contributed by atoms with E-state index in [1.54, 1.807) is 12.1 Å². The molecule has 2 rings (SSSR count). The summed E-state index contributed by atoms with van der Waals surface area (Å²) in [7, 11) is 0. The van der Waals surface area contributed by atoms with Crippen molar-refractivity contribution >= 4 is 29.2 Å². The Labute approximate surface area is 91.9 Å². The van der Waals surface area contributed by atoms with Crippen molar-refractivity contribution in [1.82, 2.24) is 4.98 Å². The fourth-order valence-corrected chi connectivity index (χ4v) is 1.85. The SMILES string of the molecule is O=[N+]([O-])c1ccc2[nH]cc(CCS)c2c1. The molecule has 0 saturated heterocycles. The molecule has 1 heterocycles.